The highest BCUT2D eigenvalue weighted by Crippen LogP contribution is 2.01. The molecule has 0 aliphatic heterocycles. The Labute approximate surface area is 79.5 Å². The lowest BCUT2D eigenvalue weighted by molar-refractivity contribution is -0.125. The molecule has 0 bridgehead atoms. The summed E-state index contributed by atoms with van der Waals surface area (Å²) in [6, 6.07) is -0.131. The van der Waals surface area contributed by atoms with E-state index in [-0.39, 0.29) is 24.5 Å². The SMILES string of the molecule is CCC(CN)C(=O)N[C@@H](CC)CO. The second-order valence-corrected chi connectivity index (χ2v) is 3.14. The molecule has 4 N–H and O–H groups in total. The van der Waals surface area contributed by atoms with Crippen molar-refractivity contribution in [3.63, 3.8) is 0 Å². The number of nitrogens with two attached hydrogens (primary N) is 1. The van der Waals surface area contributed by atoms with Crippen LogP contribution in [0.4, 0.5) is 0 Å². The highest BCUT2D eigenvalue weighted by molar-refractivity contribution is 5.79. The van der Waals surface area contributed by atoms with Gasteiger partial charge in [0.05, 0.1) is 12.6 Å². The fraction of sp³-hybridized carbons (Fsp3) is 0.889. The number of carbonyl (C=O) groups is 1. The van der Waals surface area contributed by atoms with Crippen LogP contribution in [0.15, 0.2) is 0 Å². The summed E-state index contributed by atoms with van der Waals surface area (Å²) in [5, 5.41) is 11.6. The summed E-state index contributed by atoms with van der Waals surface area (Å²) < 4.78 is 0. The van der Waals surface area contributed by atoms with E-state index in [9.17, 15) is 4.79 Å². The third-order valence-electron chi connectivity index (χ3n) is 2.21. The van der Waals surface area contributed by atoms with E-state index >= 15 is 0 Å². The molecule has 78 valence electrons. The minimum Gasteiger partial charge on any atom is -0.394 e. The molecule has 0 aromatic rings. The zero-order chi connectivity index (χ0) is 10.3. The topological polar surface area (TPSA) is 75.4 Å². The Bertz CT molecular complexity index is 143. The van der Waals surface area contributed by atoms with Crippen molar-refractivity contribution >= 4 is 5.91 Å². The van der Waals surface area contributed by atoms with Gasteiger partial charge in [-0.25, -0.2) is 0 Å². The molecule has 0 aliphatic carbocycles. The van der Waals surface area contributed by atoms with Gasteiger partial charge in [0.1, 0.15) is 0 Å². The molecule has 0 rings (SSSR count). The first kappa shape index (κ1) is 12.4. The molecule has 4 heteroatoms. The van der Waals surface area contributed by atoms with Crippen molar-refractivity contribution in [1.82, 2.24) is 5.32 Å². The maximum absolute atomic E-state index is 11.4. The monoisotopic (exact) mass is 188 g/mol. The number of aliphatic hydroxyl groups excluding tert-OH is 1. The third-order valence-corrected chi connectivity index (χ3v) is 2.21. The normalized spacial score (nSPS) is 15.1. The molecule has 0 heterocycles. The van der Waals surface area contributed by atoms with Gasteiger partial charge in [-0.2, -0.15) is 0 Å². The van der Waals surface area contributed by atoms with Crippen molar-refractivity contribution in [3.8, 4) is 0 Å². The first-order chi connectivity index (χ1) is 6.19. The summed E-state index contributed by atoms with van der Waals surface area (Å²) in [6.45, 7) is 4.20. The molecule has 0 saturated carbocycles. The van der Waals surface area contributed by atoms with Crippen molar-refractivity contribution in [1.29, 1.82) is 0 Å². The Hall–Kier alpha value is -0.610. The fourth-order valence-electron chi connectivity index (χ4n) is 1.05. The van der Waals surface area contributed by atoms with Crippen LogP contribution in [0.25, 0.3) is 0 Å². The molecule has 2 atom stereocenters. The van der Waals surface area contributed by atoms with Crippen molar-refractivity contribution in [3.05, 3.63) is 0 Å². The van der Waals surface area contributed by atoms with Crippen molar-refractivity contribution in [2.45, 2.75) is 32.7 Å². The van der Waals surface area contributed by atoms with Gasteiger partial charge in [-0.05, 0) is 12.8 Å². The van der Waals surface area contributed by atoms with E-state index in [4.69, 9.17) is 10.8 Å². The number of hydrogen-bond donors (Lipinski definition) is 3. The predicted octanol–water partition coefficient (Wildman–Crippen LogP) is -0.142. The third kappa shape index (κ3) is 4.24. The highest BCUT2D eigenvalue weighted by Gasteiger charge is 2.16. The van der Waals surface area contributed by atoms with Crippen molar-refractivity contribution < 1.29 is 9.90 Å². The number of aliphatic hydroxyl groups is 1. The average Bonchev–Trinajstić information content (AvgIpc) is 2.16. The molecule has 0 aromatic carbocycles. The van der Waals surface area contributed by atoms with Crippen LogP contribution >= 0.6 is 0 Å². The second-order valence-electron chi connectivity index (χ2n) is 3.14. The maximum Gasteiger partial charge on any atom is 0.224 e. The lowest BCUT2D eigenvalue weighted by Gasteiger charge is -2.18. The molecule has 0 radical (unpaired) electrons. The van der Waals surface area contributed by atoms with E-state index in [0.717, 1.165) is 12.8 Å². The number of nitrogens with one attached hydrogen (secondary N) is 1. The van der Waals surface area contributed by atoms with Crippen LogP contribution in [-0.4, -0.2) is 30.2 Å². The number of amides is 1. The standard InChI is InChI=1S/C9H20N2O2/c1-3-7(5-10)9(13)11-8(4-2)6-12/h7-8,12H,3-6,10H2,1-2H3,(H,11,13)/t7?,8-/m0/s1. The smallest absolute Gasteiger partial charge is 0.224 e. The largest absolute Gasteiger partial charge is 0.394 e. The summed E-state index contributed by atoms with van der Waals surface area (Å²) in [6.07, 6.45) is 1.48. The van der Waals surface area contributed by atoms with Gasteiger partial charge in [0, 0.05) is 12.5 Å². The maximum atomic E-state index is 11.4. The van der Waals surface area contributed by atoms with E-state index in [2.05, 4.69) is 5.32 Å². The van der Waals surface area contributed by atoms with E-state index in [1.54, 1.807) is 0 Å². The number of rotatable bonds is 6. The summed E-state index contributed by atoms with van der Waals surface area (Å²) >= 11 is 0. The van der Waals surface area contributed by atoms with Gasteiger partial charge in [-0.3, -0.25) is 4.79 Å². The van der Waals surface area contributed by atoms with Crippen LogP contribution in [0.2, 0.25) is 0 Å². The van der Waals surface area contributed by atoms with Crippen LogP contribution in [0.1, 0.15) is 26.7 Å². The minimum atomic E-state index is -0.131. The molecule has 13 heavy (non-hydrogen) atoms. The van der Waals surface area contributed by atoms with Gasteiger partial charge in [0.2, 0.25) is 5.91 Å². The zero-order valence-corrected chi connectivity index (χ0v) is 8.42. The Morgan fingerprint density at radius 1 is 1.46 bits per heavy atom. The molecule has 1 amide bonds. The molecule has 1 unspecified atom stereocenters. The molecule has 0 spiro atoms. The van der Waals surface area contributed by atoms with Gasteiger partial charge < -0.3 is 16.2 Å². The first-order valence-electron chi connectivity index (χ1n) is 4.80. The van der Waals surface area contributed by atoms with E-state index in [0.29, 0.717) is 6.54 Å². The second kappa shape index (κ2) is 6.86. The molecule has 0 aliphatic rings. The molecular weight excluding hydrogens is 168 g/mol. The summed E-state index contributed by atoms with van der Waals surface area (Å²) in [4.78, 5) is 11.4. The van der Waals surface area contributed by atoms with E-state index < -0.39 is 0 Å². The highest BCUT2D eigenvalue weighted by atomic mass is 16.3. The van der Waals surface area contributed by atoms with Gasteiger partial charge in [-0.1, -0.05) is 13.8 Å². The average molecular weight is 188 g/mol. The van der Waals surface area contributed by atoms with E-state index in [1.165, 1.54) is 0 Å². The Morgan fingerprint density at radius 3 is 2.38 bits per heavy atom. The Kier molecular flexibility index (Phi) is 6.54. The zero-order valence-electron chi connectivity index (χ0n) is 8.42. The van der Waals surface area contributed by atoms with Crippen molar-refractivity contribution in [2.24, 2.45) is 11.7 Å². The van der Waals surface area contributed by atoms with Gasteiger partial charge in [0.15, 0.2) is 0 Å². The molecule has 0 fully saturated rings. The van der Waals surface area contributed by atoms with E-state index in [1.807, 2.05) is 13.8 Å². The van der Waals surface area contributed by atoms with Gasteiger partial charge in [0.25, 0.3) is 0 Å². The van der Waals surface area contributed by atoms with Gasteiger partial charge in [-0.15, -0.1) is 0 Å². The van der Waals surface area contributed by atoms with Gasteiger partial charge >= 0.3 is 0 Å². The summed E-state index contributed by atoms with van der Waals surface area (Å²) in [5.41, 5.74) is 5.42. The molecule has 0 saturated heterocycles. The lowest BCUT2D eigenvalue weighted by atomic mass is 10.1. The molecule has 0 aromatic heterocycles. The van der Waals surface area contributed by atoms with Crippen LogP contribution in [0, 0.1) is 5.92 Å². The van der Waals surface area contributed by atoms with Crippen LogP contribution in [0.3, 0.4) is 0 Å². The Morgan fingerprint density at radius 2 is 2.08 bits per heavy atom. The minimum absolute atomic E-state index is 0.0107. The fourth-order valence-corrected chi connectivity index (χ4v) is 1.05. The van der Waals surface area contributed by atoms with Crippen molar-refractivity contribution in [2.75, 3.05) is 13.2 Å². The molecule has 4 nitrogen and oxygen atoms in total. The quantitative estimate of drug-likeness (QED) is 0.543. The number of carbonyl (C=O) groups excluding carboxylic acids is 1. The first-order valence-corrected chi connectivity index (χ1v) is 4.80. The van der Waals surface area contributed by atoms with Crippen LogP contribution in [-0.2, 0) is 4.79 Å². The lowest BCUT2D eigenvalue weighted by Crippen LogP contribution is -2.42. The number of hydrogen-bond acceptors (Lipinski definition) is 3. The summed E-state index contributed by atoms with van der Waals surface area (Å²) in [7, 11) is 0. The van der Waals surface area contributed by atoms with Crippen LogP contribution in [0.5, 0.6) is 0 Å². The summed E-state index contributed by atoms with van der Waals surface area (Å²) in [5.74, 6) is -0.175. The van der Waals surface area contributed by atoms with Crippen LogP contribution < -0.4 is 11.1 Å². The molecular formula is C9H20N2O2. The predicted molar refractivity (Wildman–Crippen MR) is 52.1 cm³/mol. The Balaban J connectivity index is 3.95.